The quantitative estimate of drug-likeness (QED) is 0.599. The van der Waals surface area contributed by atoms with Crippen molar-refractivity contribution in [2.45, 2.75) is 58.2 Å². The standard InChI is InChI=1S/C26H30N2O7/c1-16-5-4-6-17(2)28(16)24(29)14-32-21-10-7-19(8-11-21)26(31)35-18(3)25(30)27-20-9-12-22-23(13-20)34-15-33-22/h7-13,16-18H,4-6,14-15H2,1-3H3,(H,27,30). The second kappa shape index (κ2) is 10.7. The highest BCUT2D eigenvalue weighted by Gasteiger charge is 2.29. The third-order valence-corrected chi connectivity index (χ3v) is 6.23. The van der Waals surface area contributed by atoms with Crippen LogP contribution in [0.15, 0.2) is 42.5 Å². The molecule has 9 heteroatoms. The van der Waals surface area contributed by atoms with Crippen molar-refractivity contribution in [1.82, 2.24) is 4.90 Å². The minimum atomic E-state index is -1.02. The molecule has 2 aromatic rings. The van der Waals surface area contributed by atoms with Crippen molar-refractivity contribution in [3.8, 4) is 17.2 Å². The van der Waals surface area contributed by atoms with E-state index in [1.807, 2.05) is 4.90 Å². The fraction of sp³-hybridized carbons (Fsp3) is 0.423. The van der Waals surface area contributed by atoms with Gasteiger partial charge in [0.15, 0.2) is 24.2 Å². The zero-order chi connectivity index (χ0) is 24.9. The second-order valence-electron chi connectivity index (χ2n) is 8.85. The molecule has 2 aromatic carbocycles. The summed E-state index contributed by atoms with van der Waals surface area (Å²) >= 11 is 0. The van der Waals surface area contributed by atoms with Gasteiger partial charge in [0, 0.05) is 23.8 Å². The van der Waals surface area contributed by atoms with Gasteiger partial charge in [0.05, 0.1) is 5.56 Å². The minimum Gasteiger partial charge on any atom is -0.484 e. The van der Waals surface area contributed by atoms with Gasteiger partial charge in [0.25, 0.3) is 11.8 Å². The predicted octanol–water partition coefficient (Wildman–Crippen LogP) is 3.77. The molecule has 0 aliphatic carbocycles. The van der Waals surface area contributed by atoms with E-state index < -0.39 is 18.0 Å². The van der Waals surface area contributed by atoms with Crippen LogP contribution in [-0.4, -0.2) is 54.3 Å². The van der Waals surface area contributed by atoms with Crippen LogP contribution in [0, 0.1) is 0 Å². The predicted molar refractivity (Wildman–Crippen MR) is 128 cm³/mol. The first-order valence-corrected chi connectivity index (χ1v) is 11.8. The molecule has 3 unspecified atom stereocenters. The molecule has 0 bridgehead atoms. The molecular weight excluding hydrogens is 452 g/mol. The van der Waals surface area contributed by atoms with Crippen molar-refractivity contribution < 1.29 is 33.3 Å². The summed E-state index contributed by atoms with van der Waals surface area (Å²) in [7, 11) is 0. The van der Waals surface area contributed by atoms with Gasteiger partial charge in [0.1, 0.15) is 5.75 Å². The average molecular weight is 483 g/mol. The van der Waals surface area contributed by atoms with Gasteiger partial charge in [-0.25, -0.2) is 4.79 Å². The lowest BCUT2D eigenvalue weighted by atomic mass is 9.97. The van der Waals surface area contributed by atoms with Crippen LogP contribution in [0.4, 0.5) is 5.69 Å². The number of hydrogen-bond donors (Lipinski definition) is 1. The van der Waals surface area contributed by atoms with Crippen LogP contribution in [0.25, 0.3) is 0 Å². The van der Waals surface area contributed by atoms with Crippen molar-refractivity contribution in [2.24, 2.45) is 0 Å². The molecule has 4 rings (SSSR count). The first kappa shape index (κ1) is 24.4. The van der Waals surface area contributed by atoms with Gasteiger partial charge in [-0.1, -0.05) is 0 Å². The number of anilines is 1. The van der Waals surface area contributed by atoms with E-state index in [1.165, 1.54) is 19.1 Å². The third-order valence-electron chi connectivity index (χ3n) is 6.23. The van der Waals surface area contributed by atoms with E-state index in [2.05, 4.69) is 19.2 Å². The molecule has 9 nitrogen and oxygen atoms in total. The highest BCUT2D eigenvalue weighted by atomic mass is 16.7. The number of amides is 2. The summed E-state index contributed by atoms with van der Waals surface area (Å²) in [6.07, 6.45) is 2.11. The van der Waals surface area contributed by atoms with Crippen molar-refractivity contribution in [3.05, 3.63) is 48.0 Å². The summed E-state index contributed by atoms with van der Waals surface area (Å²) in [4.78, 5) is 39.4. The Balaban J connectivity index is 1.26. The molecule has 2 aliphatic heterocycles. The van der Waals surface area contributed by atoms with Gasteiger partial charge >= 0.3 is 5.97 Å². The maximum absolute atomic E-state index is 12.6. The Bertz CT molecular complexity index is 1080. The molecule has 0 spiro atoms. The molecule has 0 radical (unpaired) electrons. The van der Waals surface area contributed by atoms with Crippen LogP contribution in [0.3, 0.4) is 0 Å². The van der Waals surface area contributed by atoms with Crippen LogP contribution >= 0.6 is 0 Å². The second-order valence-corrected chi connectivity index (χ2v) is 8.85. The summed E-state index contributed by atoms with van der Waals surface area (Å²) in [6, 6.07) is 11.7. The maximum Gasteiger partial charge on any atom is 0.338 e. The number of carbonyl (C=O) groups is 3. The monoisotopic (exact) mass is 482 g/mol. The van der Waals surface area contributed by atoms with Crippen molar-refractivity contribution >= 4 is 23.5 Å². The Kier molecular flexibility index (Phi) is 7.43. The summed E-state index contributed by atoms with van der Waals surface area (Å²) in [5.41, 5.74) is 0.774. The molecule has 1 fully saturated rings. The molecule has 0 aromatic heterocycles. The minimum absolute atomic E-state index is 0.0458. The molecule has 186 valence electrons. The molecule has 2 aliphatic rings. The maximum atomic E-state index is 12.6. The molecule has 1 saturated heterocycles. The van der Waals surface area contributed by atoms with Crippen LogP contribution in [0.1, 0.15) is 50.4 Å². The van der Waals surface area contributed by atoms with E-state index in [1.54, 1.807) is 30.3 Å². The summed E-state index contributed by atoms with van der Waals surface area (Å²) in [5.74, 6) is 0.455. The number of ether oxygens (including phenoxy) is 4. The van der Waals surface area contributed by atoms with Gasteiger partial charge < -0.3 is 29.2 Å². The topological polar surface area (TPSA) is 103 Å². The lowest BCUT2D eigenvalue weighted by molar-refractivity contribution is -0.139. The number of piperidine rings is 1. The summed E-state index contributed by atoms with van der Waals surface area (Å²) in [5, 5.41) is 2.69. The number of hydrogen-bond acceptors (Lipinski definition) is 7. The number of benzene rings is 2. The lowest BCUT2D eigenvalue weighted by Crippen LogP contribution is -2.49. The van der Waals surface area contributed by atoms with Crippen LogP contribution in [0.2, 0.25) is 0 Å². The zero-order valence-corrected chi connectivity index (χ0v) is 20.1. The van der Waals surface area contributed by atoms with Gasteiger partial charge in [0.2, 0.25) is 6.79 Å². The molecule has 1 N–H and O–H groups in total. The normalized spacial score (nSPS) is 19.6. The number of likely N-dealkylation sites (tertiary alicyclic amines) is 1. The first-order chi connectivity index (χ1) is 16.8. The Labute approximate surface area is 204 Å². The zero-order valence-electron chi connectivity index (χ0n) is 20.1. The largest absolute Gasteiger partial charge is 0.484 e. The highest BCUT2D eigenvalue weighted by Crippen LogP contribution is 2.34. The lowest BCUT2D eigenvalue weighted by Gasteiger charge is -2.38. The fourth-order valence-corrected chi connectivity index (χ4v) is 4.32. The van der Waals surface area contributed by atoms with Gasteiger partial charge in [-0.3, -0.25) is 9.59 Å². The number of nitrogens with zero attached hydrogens (tertiary/aromatic N) is 1. The number of rotatable bonds is 7. The molecule has 3 atom stereocenters. The molecule has 0 saturated carbocycles. The number of carbonyl (C=O) groups excluding carboxylic acids is 3. The molecule has 2 amide bonds. The summed E-state index contributed by atoms with van der Waals surface area (Å²) < 4.78 is 21.5. The van der Waals surface area contributed by atoms with E-state index in [9.17, 15) is 14.4 Å². The molecular formula is C26H30N2O7. The Hall–Kier alpha value is -3.75. The van der Waals surface area contributed by atoms with Crippen LogP contribution < -0.4 is 19.5 Å². The Morgan fingerprint density at radius 1 is 1.03 bits per heavy atom. The van der Waals surface area contributed by atoms with E-state index in [-0.39, 0.29) is 37.0 Å². The van der Waals surface area contributed by atoms with Crippen LogP contribution in [0.5, 0.6) is 17.2 Å². The Morgan fingerprint density at radius 3 is 2.43 bits per heavy atom. The van der Waals surface area contributed by atoms with E-state index in [0.29, 0.717) is 22.9 Å². The number of fused-ring (bicyclic) bond motifs is 1. The van der Waals surface area contributed by atoms with Gasteiger partial charge in [-0.15, -0.1) is 0 Å². The first-order valence-electron chi connectivity index (χ1n) is 11.8. The van der Waals surface area contributed by atoms with Crippen molar-refractivity contribution in [1.29, 1.82) is 0 Å². The van der Waals surface area contributed by atoms with Crippen molar-refractivity contribution in [3.63, 3.8) is 0 Å². The molecule has 35 heavy (non-hydrogen) atoms. The smallest absolute Gasteiger partial charge is 0.338 e. The van der Waals surface area contributed by atoms with Crippen molar-refractivity contribution in [2.75, 3.05) is 18.7 Å². The Morgan fingerprint density at radius 2 is 1.71 bits per heavy atom. The van der Waals surface area contributed by atoms with Crippen LogP contribution in [-0.2, 0) is 14.3 Å². The van der Waals surface area contributed by atoms with E-state index in [0.717, 1.165) is 19.3 Å². The summed E-state index contributed by atoms with van der Waals surface area (Å²) in [6.45, 7) is 5.69. The third kappa shape index (κ3) is 5.85. The van der Waals surface area contributed by atoms with E-state index >= 15 is 0 Å². The fourth-order valence-electron chi connectivity index (χ4n) is 4.32. The number of esters is 1. The average Bonchev–Trinajstić information content (AvgIpc) is 3.31. The van der Waals surface area contributed by atoms with Gasteiger partial charge in [-0.05, 0) is 76.4 Å². The molecule has 2 heterocycles. The van der Waals surface area contributed by atoms with Gasteiger partial charge in [-0.2, -0.15) is 0 Å². The highest BCUT2D eigenvalue weighted by molar-refractivity contribution is 5.97. The van der Waals surface area contributed by atoms with E-state index in [4.69, 9.17) is 18.9 Å². The SMILES string of the molecule is CC(OC(=O)c1ccc(OCC(=O)N2C(C)CCCC2C)cc1)C(=O)Nc1ccc2c(c1)OCO2. The number of nitrogens with one attached hydrogen (secondary N) is 1.